The molecule has 0 aromatic carbocycles. The monoisotopic (exact) mass is 120 g/mol. The van der Waals surface area contributed by atoms with Gasteiger partial charge >= 0.3 is 1.43 Å². The van der Waals surface area contributed by atoms with Gasteiger partial charge in [0.2, 0.25) is 0 Å². The highest BCUT2D eigenvalue weighted by molar-refractivity contribution is 8.23. The largest absolute Gasteiger partial charge is 1.00 e. The van der Waals surface area contributed by atoms with Crippen LogP contribution in [-0.2, 0) is 0 Å². The zero-order valence-electron chi connectivity index (χ0n) is 4.26. The molecule has 0 fully saturated rings. The van der Waals surface area contributed by atoms with Crippen molar-refractivity contribution in [3.05, 3.63) is 0 Å². The van der Waals surface area contributed by atoms with E-state index in [1.54, 1.807) is 11.8 Å². The molecule has 1 aliphatic rings. The highest BCUT2D eigenvalue weighted by Crippen LogP contribution is 2.13. The third-order valence-electron chi connectivity index (χ3n) is 0.466. The maximum atomic E-state index is 3.98. The minimum absolute atomic E-state index is 0. The minimum Gasteiger partial charge on any atom is -0.276 e. The van der Waals surface area contributed by atoms with Gasteiger partial charge in [-0.15, -0.1) is 23.5 Å². The fourth-order valence-corrected chi connectivity index (χ4v) is 1.63. The van der Waals surface area contributed by atoms with Gasteiger partial charge in [-0.3, -0.25) is 4.99 Å². The number of aliphatic imine (C=N–C) groups is 1. The van der Waals surface area contributed by atoms with Crippen LogP contribution in [0.5, 0.6) is 0 Å². The smallest absolute Gasteiger partial charge is 0.276 e. The highest BCUT2D eigenvalue weighted by atomic mass is 32.2. The molecule has 34 valence electrons. The van der Waals surface area contributed by atoms with Crippen molar-refractivity contribution in [2.24, 2.45) is 4.99 Å². The fourth-order valence-electron chi connectivity index (χ4n) is 0.252. The van der Waals surface area contributed by atoms with Gasteiger partial charge in [0.25, 0.3) is 0 Å². The summed E-state index contributed by atoms with van der Waals surface area (Å²) in [5, 5.41) is 1.18. The molecule has 0 bridgehead atoms. The van der Waals surface area contributed by atoms with Gasteiger partial charge in [0, 0.05) is 5.08 Å². The second-order valence-electron chi connectivity index (χ2n) is 0.906. The van der Waals surface area contributed by atoms with Gasteiger partial charge in [0.05, 0.1) is 11.4 Å². The van der Waals surface area contributed by atoms with E-state index in [0.717, 1.165) is 5.88 Å². The molecule has 3 heteroatoms. The molecule has 1 aliphatic heterocycles. The number of nitrogens with zero attached hydrogens (tertiary/aromatic N) is 1. The minimum atomic E-state index is 0. The second kappa shape index (κ2) is 2.53. The molecule has 1 nitrogen and oxygen atoms in total. The Bertz CT molecular complexity index is 58.0. The van der Waals surface area contributed by atoms with E-state index < -0.39 is 0 Å². The summed E-state index contributed by atoms with van der Waals surface area (Å²) < 4.78 is 0. The topological polar surface area (TPSA) is 12.4 Å². The lowest BCUT2D eigenvalue weighted by Crippen LogP contribution is -1.81. The van der Waals surface area contributed by atoms with Gasteiger partial charge < -0.3 is 0 Å². The van der Waals surface area contributed by atoms with Crippen molar-refractivity contribution in [2.45, 2.75) is 0 Å². The molecule has 0 atom stereocenters. The molecule has 1 heterocycles. The Morgan fingerprint density at radius 3 is 3.00 bits per heavy atom. The van der Waals surface area contributed by atoms with Gasteiger partial charge in [-0.1, -0.05) is 0 Å². The Balaban J connectivity index is 0.000000360. The predicted octanol–water partition coefficient (Wildman–Crippen LogP) is 1.52. The van der Waals surface area contributed by atoms with E-state index in [-0.39, 0.29) is 1.43 Å². The summed E-state index contributed by atoms with van der Waals surface area (Å²) in [6.45, 7) is 0. The summed E-state index contributed by atoms with van der Waals surface area (Å²) in [6.07, 6.45) is 0. The van der Waals surface area contributed by atoms with Crippen molar-refractivity contribution in [3.63, 3.8) is 0 Å². The van der Waals surface area contributed by atoms with Crippen LogP contribution in [0.25, 0.3) is 0 Å². The molecular formula is C3H6NS2+. The Hall–Kier alpha value is 0.370. The van der Waals surface area contributed by atoms with Gasteiger partial charge in [-0.2, -0.15) is 0 Å². The molecule has 0 spiro atoms. The van der Waals surface area contributed by atoms with E-state index in [1.165, 1.54) is 5.08 Å². The van der Waals surface area contributed by atoms with Crippen LogP contribution in [0, 0.1) is 0 Å². The molecule has 0 aromatic heterocycles. The summed E-state index contributed by atoms with van der Waals surface area (Å²) in [5.41, 5.74) is 1.91. The quantitative estimate of drug-likeness (QED) is 0.480. The lowest BCUT2D eigenvalue weighted by molar-refractivity contribution is 1.41. The maximum Gasteiger partial charge on any atom is 1.00 e. The normalized spacial score (nSPS) is 21.3. The molecule has 0 saturated carbocycles. The summed E-state index contributed by atoms with van der Waals surface area (Å²) in [7, 11) is 0. The lowest BCUT2D eigenvalue weighted by atomic mass is 11.4. The maximum absolute atomic E-state index is 3.98. The van der Waals surface area contributed by atoms with Gasteiger partial charge in [0.1, 0.15) is 0 Å². The molecular weight excluding hydrogens is 114 g/mol. The molecule has 1 rings (SSSR count). The number of hydrogen-bond acceptors (Lipinski definition) is 3. The molecule has 0 amide bonds. The number of rotatable bonds is 0. The lowest BCUT2D eigenvalue weighted by Gasteiger charge is -1.97. The summed E-state index contributed by atoms with van der Waals surface area (Å²) >= 11 is 3.63. The van der Waals surface area contributed by atoms with Crippen molar-refractivity contribution < 1.29 is 1.43 Å². The van der Waals surface area contributed by atoms with Gasteiger partial charge in [-0.05, 0) is 0 Å². The van der Waals surface area contributed by atoms with Crippen LogP contribution in [-0.4, -0.2) is 16.5 Å². The predicted molar refractivity (Wildman–Crippen MR) is 34.5 cm³/mol. The average molecular weight is 120 g/mol. The Morgan fingerprint density at radius 1 is 1.83 bits per heavy atom. The molecule has 0 aromatic rings. The molecule has 0 saturated heterocycles. The van der Waals surface area contributed by atoms with Crippen molar-refractivity contribution >= 4 is 29.1 Å². The van der Waals surface area contributed by atoms with Gasteiger partial charge in [0.15, 0.2) is 0 Å². The molecule has 0 N–H and O–H groups in total. The molecule has 0 aliphatic carbocycles. The highest BCUT2D eigenvalue weighted by Gasteiger charge is 1.88. The van der Waals surface area contributed by atoms with Crippen LogP contribution in [0.2, 0.25) is 0 Å². The van der Waals surface area contributed by atoms with E-state index in [0.29, 0.717) is 0 Å². The Labute approximate surface area is 47.1 Å². The second-order valence-corrected chi connectivity index (χ2v) is 3.06. The van der Waals surface area contributed by atoms with E-state index in [9.17, 15) is 0 Å². The van der Waals surface area contributed by atoms with E-state index in [1.807, 2.05) is 17.3 Å². The average Bonchev–Trinajstić information content (AvgIpc) is 1.72. The first-order chi connectivity index (χ1) is 3.00. The van der Waals surface area contributed by atoms with Crippen molar-refractivity contribution in [3.8, 4) is 0 Å². The van der Waals surface area contributed by atoms with E-state index in [2.05, 4.69) is 4.99 Å². The zero-order valence-corrected chi connectivity index (χ0v) is 4.89. The third-order valence-corrected chi connectivity index (χ3v) is 2.31. The van der Waals surface area contributed by atoms with E-state index >= 15 is 0 Å². The van der Waals surface area contributed by atoms with Crippen LogP contribution in [0.3, 0.4) is 0 Å². The first-order valence-electron chi connectivity index (χ1n) is 1.68. The first kappa shape index (κ1) is 4.53. The zero-order chi connectivity index (χ0) is 4.24. The van der Waals surface area contributed by atoms with Crippen molar-refractivity contribution in [2.75, 3.05) is 11.0 Å². The van der Waals surface area contributed by atoms with Crippen LogP contribution in [0.4, 0.5) is 0 Å². The fraction of sp³-hybridized carbons (Fsp3) is 0.667. The summed E-state index contributed by atoms with van der Waals surface area (Å²) in [4.78, 5) is 3.98. The molecule has 6 heavy (non-hydrogen) atoms. The number of hydrogen-bond donors (Lipinski definition) is 0. The Kier molecular flexibility index (Phi) is 1.91. The summed E-state index contributed by atoms with van der Waals surface area (Å²) in [5.74, 6) is 0.965. The molecule has 0 radical (unpaired) electrons. The van der Waals surface area contributed by atoms with Crippen molar-refractivity contribution in [1.29, 1.82) is 0 Å². The Morgan fingerprint density at radius 2 is 2.83 bits per heavy atom. The van der Waals surface area contributed by atoms with Crippen LogP contribution in [0.15, 0.2) is 4.99 Å². The van der Waals surface area contributed by atoms with E-state index in [4.69, 9.17) is 0 Å². The van der Waals surface area contributed by atoms with Crippen molar-refractivity contribution in [1.82, 2.24) is 0 Å². The van der Waals surface area contributed by atoms with Gasteiger partial charge in [-0.25, -0.2) is 0 Å². The standard InChI is InChI=1S/C3H5NS2/c1-4-2-6-3-5-1/h1H,2-3H2/p+1. The first-order valence-corrected chi connectivity index (χ1v) is 3.88. The van der Waals surface area contributed by atoms with Crippen LogP contribution in [0.1, 0.15) is 1.43 Å². The molecule has 0 unspecified atom stereocenters. The SMILES string of the molecule is C1=NCSCS1.[H+]. The van der Waals surface area contributed by atoms with Crippen LogP contribution < -0.4 is 0 Å². The van der Waals surface area contributed by atoms with Crippen LogP contribution >= 0.6 is 23.5 Å². The summed E-state index contributed by atoms with van der Waals surface area (Å²) in [6, 6.07) is 0. The number of thioether (sulfide) groups is 2. The third kappa shape index (κ3) is 1.22.